The van der Waals surface area contributed by atoms with E-state index in [-0.39, 0.29) is 18.2 Å². The lowest BCUT2D eigenvalue weighted by Crippen LogP contribution is -2.51. The summed E-state index contributed by atoms with van der Waals surface area (Å²) in [5.41, 5.74) is -0.675. The molecule has 9 nitrogen and oxygen atoms in total. The molecule has 31 heavy (non-hydrogen) atoms. The van der Waals surface area contributed by atoms with Crippen LogP contribution in [0.3, 0.4) is 0 Å². The topological polar surface area (TPSA) is 125 Å². The van der Waals surface area contributed by atoms with E-state index in [1.54, 1.807) is 12.1 Å². The molecular formula is C22H29N3O6. The molecule has 1 aliphatic rings. The van der Waals surface area contributed by atoms with Crippen LogP contribution < -0.4 is 10.6 Å². The Morgan fingerprint density at radius 3 is 2.29 bits per heavy atom. The van der Waals surface area contributed by atoms with E-state index in [2.05, 4.69) is 17.2 Å². The molecule has 0 spiro atoms. The summed E-state index contributed by atoms with van der Waals surface area (Å²) >= 11 is 0. The zero-order valence-corrected chi connectivity index (χ0v) is 18.7. The first-order chi connectivity index (χ1) is 14.2. The van der Waals surface area contributed by atoms with E-state index < -0.39 is 35.0 Å². The molecule has 0 bridgehead atoms. The highest BCUT2D eigenvalue weighted by Crippen LogP contribution is 2.35. The Labute approximate surface area is 181 Å². The van der Waals surface area contributed by atoms with E-state index in [4.69, 9.17) is 4.74 Å². The van der Waals surface area contributed by atoms with E-state index in [1.165, 1.54) is 26.8 Å². The van der Waals surface area contributed by atoms with Gasteiger partial charge in [0.2, 0.25) is 5.91 Å². The van der Waals surface area contributed by atoms with Crippen molar-refractivity contribution in [2.24, 2.45) is 5.41 Å². The second-order valence-corrected chi connectivity index (χ2v) is 8.93. The molecule has 1 aromatic rings. The molecule has 0 aromatic heterocycles. The van der Waals surface area contributed by atoms with Gasteiger partial charge in [-0.3, -0.25) is 14.4 Å². The number of carbonyl (C=O) groups is 4. The first-order valence-corrected chi connectivity index (χ1v) is 9.77. The highest BCUT2D eigenvalue weighted by Gasteiger charge is 2.53. The average molecular weight is 431 g/mol. The summed E-state index contributed by atoms with van der Waals surface area (Å²) in [6.45, 7) is 13.3. The van der Waals surface area contributed by atoms with Crippen LogP contribution in [0.5, 0.6) is 0 Å². The zero-order valence-electron chi connectivity index (χ0n) is 18.7. The van der Waals surface area contributed by atoms with Crippen molar-refractivity contribution in [3.63, 3.8) is 0 Å². The van der Waals surface area contributed by atoms with Crippen molar-refractivity contribution in [1.82, 2.24) is 4.90 Å². The SMILES string of the molecule is C=C(C(C(=O)Nc1cc(NC(C)=O)ccc1CO)N1C(=O)OC(C)(C)C1=O)C(C)(C)C. The maximum absolute atomic E-state index is 13.3. The zero-order chi connectivity index (χ0) is 23.7. The number of aliphatic hydroxyl groups excluding tert-OH is 1. The van der Waals surface area contributed by atoms with Crippen molar-refractivity contribution in [2.45, 2.75) is 59.8 Å². The fourth-order valence-electron chi connectivity index (χ4n) is 3.06. The van der Waals surface area contributed by atoms with Gasteiger partial charge in [0, 0.05) is 23.9 Å². The van der Waals surface area contributed by atoms with E-state index in [1.807, 2.05) is 20.8 Å². The summed E-state index contributed by atoms with van der Waals surface area (Å²) in [4.78, 5) is 50.8. The number of cyclic esters (lactones) is 1. The number of amides is 4. The van der Waals surface area contributed by atoms with Crippen molar-refractivity contribution in [2.75, 3.05) is 10.6 Å². The molecule has 2 rings (SSSR count). The fraction of sp³-hybridized carbons (Fsp3) is 0.455. The Morgan fingerprint density at radius 2 is 1.84 bits per heavy atom. The second-order valence-electron chi connectivity index (χ2n) is 8.93. The van der Waals surface area contributed by atoms with E-state index in [9.17, 15) is 24.3 Å². The van der Waals surface area contributed by atoms with Gasteiger partial charge < -0.3 is 20.5 Å². The third kappa shape index (κ3) is 5.11. The van der Waals surface area contributed by atoms with Crippen LogP contribution in [-0.4, -0.2) is 45.5 Å². The number of nitrogens with zero attached hydrogens (tertiary/aromatic N) is 1. The van der Waals surface area contributed by atoms with E-state index in [0.717, 1.165) is 4.90 Å². The summed E-state index contributed by atoms with van der Waals surface area (Å²) in [7, 11) is 0. The number of nitrogens with one attached hydrogen (secondary N) is 2. The highest BCUT2D eigenvalue weighted by atomic mass is 16.6. The van der Waals surface area contributed by atoms with Gasteiger partial charge in [0.25, 0.3) is 11.8 Å². The summed E-state index contributed by atoms with van der Waals surface area (Å²) in [6, 6.07) is 3.28. The van der Waals surface area contributed by atoms with Crippen LogP contribution in [0.15, 0.2) is 30.4 Å². The first-order valence-electron chi connectivity index (χ1n) is 9.77. The largest absolute Gasteiger partial charge is 0.433 e. The van der Waals surface area contributed by atoms with Crippen molar-refractivity contribution in [3.05, 3.63) is 35.9 Å². The number of hydrogen-bond acceptors (Lipinski definition) is 6. The number of ether oxygens (including phenoxy) is 1. The van der Waals surface area contributed by atoms with Crippen molar-refractivity contribution < 1.29 is 29.0 Å². The summed E-state index contributed by atoms with van der Waals surface area (Å²) < 4.78 is 5.15. The number of carbonyl (C=O) groups excluding carboxylic acids is 4. The lowest BCUT2D eigenvalue weighted by molar-refractivity contribution is -0.138. The number of hydrogen-bond donors (Lipinski definition) is 3. The van der Waals surface area contributed by atoms with Gasteiger partial charge in [-0.05, 0) is 37.0 Å². The Morgan fingerprint density at radius 1 is 1.23 bits per heavy atom. The number of imide groups is 1. The Hall–Kier alpha value is -3.20. The molecule has 1 saturated heterocycles. The fourth-order valence-corrected chi connectivity index (χ4v) is 3.06. The average Bonchev–Trinajstić information content (AvgIpc) is 2.82. The lowest BCUT2D eigenvalue weighted by atomic mass is 9.82. The third-order valence-corrected chi connectivity index (χ3v) is 4.93. The number of anilines is 2. The minimum atomic E-state index is -1.41. The molecule has 1 aliphatic heterocycles. The normalized spacial score (nSPS) is 16.5. The van der Waals surface area contributed by atoms with Crippen molar-refractivity contribution >= 4 is 35.2 Å². The van der Waals surface area contributed by atoms with Crippen LogP contribution in [0.1, 0.15) is 47.1 Å². The maximum atomic E-state index is 13.3. The monoisotopic (exact) mass is 431 g/mol. The van der Waals surface area contributed by atoms with Gasteiger partial charge in [-0.15, -0.1) is 0 Å². The smallest absolute Gasteiger partial charge is 0.418 e. The predicted octanol–water partition coefficient (Wildman–Crippen LogP) is 2.80. The Balaban J connectivity index is 2.48. The molecule has 1 heterocycles. The molecule has 1 fully saturated rings. The van der Waals surface area contributed by atoms with Crippen LogP contribution in [0, 0.1) is 5.41 Å². The molecule has 0 radical (unpaired) electrons. The first kappa shape index (κ1) is 24.1. The molecule has 3 N–H and O–H groups in total. The van der Waals surface area contributed by atoms with Crippen LogP contribution in [0.2, 0.25) is 0 Å². The maximum Gasteiger partial charge on any atom is 0.418 e. The second kappa shape index (κ2) is 8.50. The number of rotatable bonds is 6. The standard InChI is InChI=1S/C22H29N3O6/c1-12(21(3,4)5)17(25-19(29)22(6,7)31-20(25)30)18(28)24-16-10-15(23-13(2)27)9-8-14(16)11-26/h8-10,17,26H,1,11H2,2-7H3,(H,23,27)(H,24,28). The highest BCUT2D eigenvalue weighted by molar-refractivity contribution is 6.09. The van der Waals surface area contributed by atoms with Gasteiger partial charge in [0.1, 0.15) is 6.04 Å². The minimum Gasteiger partial charge on any atom is -0.433 e. The van der Waals surface area contributed by atoms with Gasteiger partial charge in [-0.2, -0.15) is 0 Å². The summed E-state index contributed by atoms with van der Waals surface area (Å²) in [5, 5.41) is 14.9. The number of benzene rings is 1. The molecular weight excluding hydrogens is 402 g/mol. The quantitative estimate of drug-likeness (QED) is 0.595. The van der Waals surface area contributed by atoms with Crippen molar-refractivity contribution in [1.29, 1.82) is 0 Å². The van der Waals surface area contributed by atoms with Crippen LogP contribution >= 0.6 is 0 Å². The van der Waals surface area contributed by atoms with Crippen LogP contribution in [0.4, 0.5) is 16.2 Å². The molecule has 1 unspecified atom stereocenters. The molecule has 168 valence electrons. The summed E-state index contributed by atoms with van der Waals surface area (Å²) in [5.74, 6) is -1.66. The Kier molecular flexibility index (Phi) is 6.60. The molecule has 0 saturated carbocycles. The van der Waals surface area contributed by atoms with Gasteiger partial charge in [-0.25, -0.2) is 9.69 Å². The molecule has 4 amide bonds. The van der Waals surface area contributed by atoms with Crippen LogP contribution in [0.25, 0.3) is 0 Å². The van der Waals surface area contributed by atoms with E-state index in [0.29, 0.717) is 16.8 Å². The van der Waals surface area contributed by atoms with Gasteiger partial charge in [-0.1, -0.05) is 33.4 Å². The van der Waals surface area contributed by atoms with E-state index >= 15 is 0 Å². The summed E-state index contributed by atoms with van der Waals surface area (Å²) in [6.07, 6.45) is -0.935. The van der Waals surface area contributed by atoms with Crippen LogP contribution in [-0.2, 0) is 25.7 Å². The lowest BCUT2D eigenvalue weighted by Gasteiger charge is -2.32. The molecule has 9 heteroatoms. The van der Waals surface area contributed by atoms with Gasteiger partial charge in [0.15, 0.2) is 5.60 Å². The molecule has 0 aliphatic carbocycles. The predicted molar refractivity (Wildman–Crippen MR) is 115 cm³/mol. The third-order valence-electron chi connectivity index (χ3n) is 4.93. The van der Waals surface area contributed by atoms with Gasteiger partial charge in [0.05, 0.1) is 6.61 Å². The van der Waals surface area contributed by atoms with Crippen molar-refractivity contribution in [3.8, 4) is 0 Å². The number of aliphatic hydroxyl groups is 1. The minimum absolute atomic E-state index is 0.227. The molecule has 1 atom stereocenters. The molecule has 1 aromatic carbocycles. The Bertz CT molecular complexity index is 945. The van der Waals surface area contributed by atoms with Gasteiger partial charge >= 0.3 is 6.09 Å².